The molecule has 16 heavy (non-hydrogen) atoms. The minimum atomic E-state index is -0.843. The first kappa shape index (κ1) is 10.4. The molecular formula is C12H11NO3. The predicted octanol–water partition coefficient (Wildman–Crippen LogP) is 2.53. The molecule has 0 amide bonds. The molecular weight excluding hydrogens is 206 g/mol. The standard InChI is InChI=1S/C12H11NO3/c1-8(12(14)15)9-3-2-4-10(7-9)11-13-5-6-16-11/h2-8H,1H3,(H,14,15)/t8-/m1/s1. The van der Waals surface area contributed by atoms with Crippen LogP contribution >= 0.6 is 0 Å². The summed E-state index contributed by atoms with van der Waals surface area (Å²) in [6.45, 7) is 1.65. The van der Waals surface area contributed by atoms with Gasteiger partial charge in [0.05, 0.1) is 12.1 Å². The van der Waals surface area contributed by atoms with Crippen LogP contribution in [0.4, 0.5) is 0 Å². The van der Waals surface area contributed by atoms with Crippen molar-refractivity contribution in [3.63, 3.8) is 0 Å². The summed E-state index contributed by atoms with van der Waals surface area (Å²) in [5, 5.41) is 8.92. The van der Waals surface area contributed by atoms with Gasteiger partial charge >= 0.3 is 5.97 Å². The Labute approximate surface area is 92.6 Å². The number of carboxylic acid groups (broad SMARTS) is 1. The van der Waals surface area contributed by atoms with Crippen molar-refractivity contribution in [1.29, 1.82) is 0 Å². The Morgan fingerprint density at radius 3 is 2.94 bits per heavy atom. The highest BCUT2D eigenvalue weighted by atomic mass is 16.4. The molecule has 1 heterocycles. The molecule has 0 fully saturated rings. The van der Waals surface area contributed by atoms with Gasteiger partial charge in [0, 0.05) is 5.56 Å². The summed E-state index contributed by atoms with van der Waals surface area (Å²) in [6.07, 6.45) is 3.05. The Kier molecular flexibility index (Phi) is 2.72. The van der Waals surface area contributed by atoms with Gasteiger partial charge < -0.3 is 9.52 Å². The van der Waals surface area contributed by atoms with Gasteiger partial charge in [0.15, 0.2) is 0 Å². The normalized spacial score (nSPS) is 12.3. The van der Waals surface area contributed by atoms with Gasteiger partial charge in [-0.15, -0.1) is 0 Å². The highest BCUT2D eigenvalue weighted by molar-refractivity contribution is 5.76. The lowest BCUT2D eigenvalue weighted by molar-refractivity contribution is -0.138. The van der Waals surface area contributed by atoms with Crippen molar-refractivity contribution < 1.29 is 14.3 Å². The Bertz CT molecular complexity index is 491. The van der Waals surface area contributed by atoms with Gasteiger partial charge in [-0.2, -0.15) is 0 Å². The van der Waals surface area contributed by atoms with Crippen LogP contribution in [-0.4, -0.2) is 16.1 Å². The van der Waals surface area contributed by atoms with Crippen molar-refractivity contribution in [3.8, 4) is 11.5 Å². The monoisotopic (exact) mass is 217 g/mol. The maximum absolute atomic E-state index is 10.9. The van der Waals surface area contributed by atoms with E-state index in [-0.39, 0.29) is 0 Å². The van der Waals surface area contributed by atoms with Gasteiger partial charge in [0.25, 0.3) is 0 Å². The third kappa shape index (κ3) is 1.95. The summed E-state index contributed by atoms with van der Waals surface area (Å²) in [6, 6.07) is 7.20. The molecule has 1 aromatic carbocycles. The van der Waals surface area contributed by atoms with Crippen LogP contribution in [-0.2, 0) is 4.79 Å². The number of hydrogen-bond acceptors (Lipinski definition) is 3. The quantitative estimate of drug-likeness (QED) is 0.858. The topological polar surface area (TPSA) is 63.3 Å². The van der Waals surface area contributed by atoms with E-state index < -0.39 is 11.9 Å². The van der Waals surface area contributed by atoms with E-state index in [9.17, 15) is 4.79 Å². The summed E-state index contributed by atoms with van der Waals surface area (Å²) in [5.41, 5.74) is 1.53. The van der Waals surface area contributed by atoms with E-state index in [2.05, 4.69) is 4.98 Å². The van der Waals surface area contributed by atoms with Crippen LogP contribution < -0.4 is 0 Å². The van der Waals surface area contributed by atoms with E-state index in [1.807, 2.05) is 6.07 Å². The number of nitrogens with zero attached hydrogens (tertiary/aromatic N) is 1. The van der Waals surface area contributed by atoms with Gasteiger partial charge in [-0.25, -0.2) is 4.98 Å². The summed E-state index contributed by atoms with van der Waals surface area (Å²) in [5.74, 6) is -0.876. The summed E-state index contributed by atoms with van der Waals surface area (Å²) >= 11 is 0. The van der Waals surface area contributed by atoms with Crippen LogP contribution in [0.15, 0.2) is 41.1 Å². The number of hydrogen-bond donors (Lipinski definition) is 1. The van der Waals surface area contributed by atoms with Crippen molar-refractivity contribution >= 4 is 5.97 Å². The molecule has 0 aliphatic carbocycles. The molecule has 0 spiro atoms. The first-order valence-corrected chi connectivity index (χ1v) is 4.91. The molecule has 1 aromatic heterocycles. The van der Waals surface area contributed by atoms with Crippen LogP contribution in [0.5, 0.6) is 0 Å². The molecule has 1 N–H and O–H groups in total. The van der Waals surface area contributed by atoms with Crippen LogP contribution in [0, 0.1) is 0 Å². The molecule has 4 heteroatoms. The van der Waals surface area contributed by atoms with Gasteiger partial charge in [-0.1, -0.05) is 12.1 Å². The molecule has 0 saturated carbocycles. The maximum Gasteiger partial charge on any atom is 0.310 e. The second kappa shape index (κ2) is 4.18. The van der Waals surface area contributed by atoms with E-state index in [0.29, 0.717) is 5.89 Å². The molecule has 0 unspecified atom stereocenters. The minimum absolute atomic E-state index is 0.499. The van der Waals surface area contributed by atoms with Crippen molar-refractivity contribution in [2.75, 3.05) is 0 Å². The lowest BCUT2D eigenvalue weighted by Crippen LogP contribution is -2.07. The fourth-order valence-corrected chi connectivity index (χ4v) is 1.45. The van der Waals surface area contributed by atoms with Crippen LogP contribution in [0.2, 0.25) is 0 Å². The van der Waals surface area contributed by atoms with Crippen molar-refractivity contribution in [2.45, 2.75) is 12.8 Å². The van der Waals surface area contributed by atoms with Gasteiger partial charge in [-0.3, -0.25) is 4.79 Å². The number of carbonyl (C=O) groups is 1. The third-order valence-electron chi connectivity index (χ3n) is 2.44. The zero-order valence-corrected chi connectivity index (χ0v) is 8.75. The molecule has 0 aliphatic rings. The molecule has 1 atom stereocenters. The minimum Gasteiger partial charge on any atom is -0.481 e. The summed E-state index contributed by atoms with van der Waals surface area (Å²) in [7, 11) is 0. The van der Waals surface area contributed by atoms with Gasteiger partial charge in [0.1, 0.15) is 6.26 Å². The van der Waals surface area contributed by atoms with E-state index in [1.54, 1.807) is 31.3 Å². The molecule has 0 radical (unpaired) electrons. The van der Waals surface area contributed by atoms with Crippen LogP contribution in [0.3, 0.4) is 0 Å². The Morgan fingerprint density at radius 1 is 1.50 bits per heavy atom. The number of rotatable bonds is 3. The lowest BCUT2D eigenvalue weighted by atomic mass is 9.99. The Hall–Kier alpha value is -2.10. The van der Waals surface area contributed by atoms with E-state index in [1.165, 1.54) is 6.26 Å². The van der Waals surface area contributed by atoms with Crippen molar-refractivity contribution in [2.24, 2.45) is 0 Å². The van der Waals surface area contributed by atoms with Gasteiger partial charge in [-0.05, 0) is 24.6 Å². The van der Waals surface area contributed by atoms with Gasteiger partial charge in [0.2, 0.25) is 5.89 Å². The van der Waals surface area contributed by atoms with Crippen molar-refractivity contribution in [3.05, 3.63) is 42.3 Å². The van der Waals surface area contributed by atoms with Crippen LogP contribution in [0.25, 0.3) is 11.5 Å². The lowest BCUT2D eigenvalue weighted by Gasteiger charge is -2.07. The number of benzene rings is 1. The molecule has 4 nitrogen and oxygen atoms in total. The van der Waals surface area contributed by atoms with Crippen molar-refractivity contribution in [1.82, 2.24) is 4.98 Å². The average molecular weight is 217 g/mol. The largest absolute Gasteiger partial charge is 0.481 e. The maximum atomic E-state index is 10.9. The molecule has 82 valence electrons. The highest BCUT2D eigenvalue weighted by Crippen LogP contribution is 2.22. The molecule has 0 bridgehead atoms. The highest BCUT2D eigenvalue weighted by Gasteiger charge is 2.14. The zero-order valence-electron chi connectivity index (χ0n) is 8.75. The zero-order chi connectivity index (χ0) is 11.5. The summed E-state index contributed by atoms with van der Waals surface area (Å²) < 4.78 is 5.16. The summed E-state index contributed by atoms with van der Waals surface area (Å²) in [4.78, 5) is 14.9. The van der Waals surface area contributed by atoms with E-state index in [0.717, 1.165) is 11.1 Å². The third-order valence-corrected chi connectivity index (χ3v) is 2.44. The SMILES string of the molecule is C[C@@H](C(=O)O)c1cccc(-c2ncco2)c1. The molecule has 2 aromatic rings. The number of oxazole rings is 1. The number of aromatic nitrogens is 1. The Morgan fingerprint density at radius 2 is 2.31 bits per heavy atom. The molecule has 0 aliphatic heterocycles. The number of carboxylic acids is 1. The predicted molar refractivity (Wildman–Crippen MR) is 58.0 cm³/mol. The fraction of sp³-hybridized carbons (Fsp3) is 0.167. The Balaban J connectivity index is 2.37. The first-order chi connectivity index (χ1) is 7.68. The van der Waals surface area contributed by atoms with E-state index in [4.69, 9.17) is 9.52 Å². The number of aliphatic carboxylic acids is 1. The second-order valence-corrected chi connectivity index (χ2v) is 3.52. The first-order valence-electron chi connectivity index (χ1n) is 4.91. The average Bonchev–Trinajstić information content (AvgIpc) is 2.81. The molecule has 0 saturated heterocycles. The smallest absolute Gasteiger partial charge is 0.310 e. The van der Waals surface area contributed by atoms with Crippen LogP contribution in [0.1, 0.15) is 18.4 Å². The fourth-order valence-electron chi connectivity index (χ4n) is 1.45. The second-order valence-electron chi connectivity index (χ2n) is 3.52. The molecule has 2 rings (SSSR count). The van der Waals surface area contributed by atoms with E-state index >= 15 is 0 Å².